The van der Waals surface area contributed by atoms with Gasteiger partial charge < -0.3 is 14.8 Å². The maximum Gasteiger partial charge on any atom is 0.586 e. The molecule has 0 radical (unpaired) electrons. The molecule has 1 aliphatic carbocycles. The van der Waals surface area contributed by atoms with Crippen LogP contribution in [0.15, 0.2) is 18.2 Å². The fraction of sp³-hybridized carbons (Fsp3) is 0.625. The standard InChI is InChI=1S/C16H21F2NO2/c1-2-11-4-3-5-12(7-6-11)19-13-8-9-14-15(10-13)21-16(17,18)20-14/h8-12,19H,2-7H2,1H3. The van der Waals surface area contributed by atoms with Gasteiger partial charge in [0.05, 0.1) is 0 Å². The number of nitrogens with one attached hydrogen (secondary N) is 1. The van der Waals surface area contributed by atoms with E-state index in [1.165, 1.54) is 31.7 Å². The van der Waals surface area contributed by atoms with E-state index in [0.29, 0.717) is 6.04 Å². The number of anilines is 1. The molecule has 0 bridgehead atoms. The van der Waals surface area contributed by atoms with E-state index in [1.54, 1.807) is 12.1 Å². The average molecular weight is 297 g/mol. The summed E-state index contributed by atoms with van der Waals surface area (Å²) in [5, 5.41) is 3.44. The van der Waals surface area contributed by atoms with Crippen LogP contribution in [0.5, 0.6) is 11.5 Å². The van der Waals surface area contributed by atoms with Gasteiger partial charge in [0, 0.05) is 17.8 Å². The minimum atomic E-state index is -3.54. The first-order valence-corrected chi connectivity index (χ1v) is 7.72. The zero-order valence-corrected chi connectivity index (χ0v) is 12.2. The number of hydrogen-bond acceptors (Lipinski definition) is 3. The van der Waals surface area contributed by atoms with Crippen LogP contribution in [0.25, 0.3) is 0 Å². The van der Waals surface area contributed by atoms with E-state index < -0.39 is 6.29 Å². The second-order valence-electron chi connectivity index (χ2n) is 5.95. The molecule has 1 N–H and O–H groups in total. The van der Waals surface area contributed by atoms with E-state index in [2.05, 4.69) is 21.7 Å². The van der Waals surface area contributed by atoms with Gasteiger partial charge in [0.2, 0.25) is 0 Å². The third-order valence-corrected chi connectivity index (χ3v) is 4.44. The number of rotatable bonds is 3. The van der Waals surface area contributed by atoms with E-state index in [1.807, 2.05) is 0 Å². The molecule has 3 nitrogen and oxygen atoms in total. The first-order valence-electron chi connectivity index (χ1n) is 7.72. The second kappa shape index (κ2) is 5.70. The summed E-state index contributed by atoms with van der Waals surface area (Å²) in [5.41, 5.74) is 0.815. The summed E-state index contributed by atoms with van der Waals surface area (Å²) in [5.74, 6) is 1.02. The van der Waals surface area contributed by atoms with E-state index in [9.17, 15) is 8.78 Å². The van der Waals surface area contributed by atoms with Crippen LogP contribution in [-0.4, -0.2) is 12.3 Å². The van der Waals surface area contributed by atoms with Crippen molar-refractivity contribution in [1.82, 2.24) is 0 Å². The minimum absolute atomic E-state index is 0.0949. The summed E-state index contributed by atoms with van der Waals surface area (Å²) in [6, 6.07) is 5.30. The number of ether oxygens (including phenoxy) is 2. The molecule has 1 aromatic carbocycles. The molecular weight excluding hydrogens is 276 g/mol. The zero-order chi connectivity index (χ0) is 14.9. The Morgan fingerprint density at radius 2 is 1.95 bits per heavy atom. The minimum Gasteiger partial charge on any atom is -0.395 e. The first-order chi connectivity index (χ1) is 10.1. The molecule has 0 aromatic heterocycles. The summed E-state index contributed by atoms with van der Waals surface area (Å²) in [4.78, 5) is 0. The molecule has 1 heterocycles. The molecular formula is C16H21F2NO2. The van der Waals surface area contributed by atoms with Gasteiger partial charge in [-0.2, -0.15) is 0 Å². The fourth-order valence-corrected chi connectivity index (χ4v) is 3.21. The molecule has 5 heteroatoms. The van der Waals surface area contributed by atoms with Crippen LogP contribution in [0.3, 0.4) is 0 Å². The lowest BCUT2D eigenvalue weighted by molar-refractivity contribution is -0.286. The Hall–Kier alpha value is -1.52. The molecule has 2 aliphatic rings. The summed E-state index contributed by atoms with van der Waals surface area (Å²) in [6.45, 7) is 2.25. The normalized spacial score (nSPS) is 27.2. The molecule has 0 saturated heterocycles. The van der Waals surface area contributed by atoms with Crippen LogP contribution in [0.2, 0.25) is 0 Å². The van der Waals surface area contributed by atoms with Gasteiger partial charge in [0.25, 0.3) is 0 Å². The van der Waals surface area contributed by atoms with Gasteiger partial charge >= 0.3 is 6.29 Å². The largest absolute Gasteiger partial charge is 0.586 e. The molecule has 2 atom stereocenters. The van der Waals surface area contributed by atoms with Crippen molar-refractivity contribution < 1.29 is 18.3 Å². The number of halogens is 2. The highest BCUT2D eigenvalue weighted by Gasteiger charge is 2.43. The lowest BCUT2D eigenvalue weighted by atomic mass is 9.98. The van der Waals surface area contributed by atoms with E-state index in [0.717, 1.165) is 24.4 Å². The third-order valence-electron chi connectivity index (χ3n) is 4.44. The van der Waals surface area contributed by atoms with Gasteiger partial charge in [0.15, 0.2) is 11.5 Å². The van der Waals surface area contributed by atoms with Crippen LogP contribution < -0.4 is 14.8 Å². The monoisotopic (exact) mass is 297 g/mol. The molecule has 116 valence electrons. The Morgan fingerprint density at radius 3 is 2.76 bits per heavy atom. The molecule has 0 amide bonds. The lowest BCUT2D eigenvalue weighted by Crippen LogP contribution is -2.25. The van der Waals surface area contributed by atoms with E-state index >= 15 is 0 Å². The van der Waals surface area contributed by atoms with Crippen LogP contribution >= 0.6 is 0 Å². The van der Waals surface area contributed by atoms with E-state index in [-0.39, 0.29) is 11.5 Å². The molecule has 1 saturated carbocycles. The van der Waals surface area contributed by atoms with Gasteiger partial charge in [-0.15, -0.1) is 8.78 Å². The SMILES string of the molecule is CCC1CCCC(Nc2ccc3c(c2)OC(F)(F)O3)CC1. The molecule has 1 aromatic rings. The number of benzene rings is 1. The number of fused-ring (bicyclic) bond motifs is 1. The Balaban J connectivity index is 1.64. The molecule has 21 heavy (non-hydrogen) atoms. The molecule has 1 fully saturated rings. The van der Waals surface area contributed by atoms with Crippen molar-refractivity contribution in [2.24, 2.45) is 5.92 Å². The Morgan fingerprint density at radius 1 is 1.14 bits per heavy atom. The first kappa shape index (κ1) is 14.4. The fourth-order valence-electron chi connectivity index (χ4n) is 3.21. The average Bonchev–Trinajstić information content (AvgIpc) is 2.60. The number of hydrogen-bond donors (Lipinski definition) is 1. The Kier molecular flexibility index (Phi) is 3.91. The smallest absolute Gasteiger partial charge is 0.395 e. The maximum absolute atomic E-state index is 13.0. The van der Waals surface area contributed by atoms with Gasteiger partial charge in [-0.3, -0.25) is 0 Å². The molecule has 0 spiro atoms. The predicted octanol–water partition coefficient (Wildman–Crippen LogP) is 4.78. The Labute approximate surface area is 123 Å². The summed E-state index contributed by atoms with van der Waals surface area (Å²) in [7, 11) is 0. The van der Waals surface area contributed by atoms with Crippen molar-refractivity contribution in [2.75, 3.05) is 5.32 Å². The van der Waals surface area contributed by atoms with E-state index in [4.69, 9.17) is 0 Å². The zero-order valence-electron chi connectivity index (χ0n) is 12.2. The highest BCUT2D eigenvalue weighted by atomic mass is 19.3. The Bertz CT molecular complexity index is 507. The summed E-state index contributed by atoms with van der Waals surface area (Å²) >= 11 is 0. The molecule has 2 unspecified atom stereocenters. The topological polar surface area (TPSA) is 30.5 Å². The van der Waals surface area contributed by atoms with Crippen LogP contribution in [0.4, 0.5) is 14.5 Å². The van der Waals surface area contributed by atoms with Crippen LogP contribution in [0, 0.1) is 5.92 Å². The van der Waals surface area contributed by atoms with Crippen molar-refractivity contribution in [1.29, 1.82) is 0 Å². The van der Waals surface area contributed by atoms with Crippen molar-refractivity contribution in [2.45, 2.75) is 57.8 Å². The van der Waals surface area contributed by atoms with Gasteiger partial charge in [-0.25, -0.2) is 0 Å². The molecule has 1 aliphatic heterocycles. The third kappa shape index (κ3) is 3.39. The van der Waals surface area contributed by atoms with Crippen molar-refractivity contribution in [3.05, 3.63) is 18.2 Å². The molecule has 3 rings (SSSR count). The summed E-state index contributed by atoms with van der Waals surface area (Å²) < 4.78 is 34.9. The quantitative estimate of drug-likeness (QED) is 0.814. The summed E-state index contributed by atoms with van der Waals surface area (Å²) in [6.07, 6.45) is 3.70. The van der Waals surface area contributed by atoms with Crippen LogP contribution in [0.1, 0.15) is 45.4 Å². The van der Waals surface area contributed by atoms with Gasteiger partial charge in [-0.05, 0) is 37.3 Å². The van der Waals surface area contributed by atoms with Gasteiger partial charge in [0.1, 0.15) is 0 Å². The van der Waals surface area contributed by atoms with Crippen molar-refractivity contribution in [3.8, 4) is 11.5 Å². The maximum atomic E-state index is 13.0. The highest BCUT2D eigenvalue weighted by Crippen LogP contribution is 2.42. The second-order valence-corrected chi connectivity index (χ2v) is 5.95. The highest BCUT2D eigenvalue weighted by molar-refractivity contribution is 5.56. The predicted molar refractivity (Wildman–Crippen MR) is 76.9 cm³/mol. The van der Waals surface area contributed by atoms with Crippen molar-refractivity contribution in [3.63, 3.8) is 0 Å². The van der Waals surface area contributed by atoms with Crippen molar-refractivity contribution >= 4 is 5.69 Å². The lowest BCUT2D eigenvalue weighted by Gasteiger charge is -2.18. The van der Waals surface area contributed by atoms with Crippen LogP contribution in [-0.2, 0) is 0 Å². The van der Waals surface area contributed by atoms with Gasteiger partial charge in [-0.1, -0.05) is 26.2 Å². The number of alkyl halides is 2.